The van der Waals surface area contributed by atoms with Crippen LogP contribution in [0.3, 0.4) is 0 Å². The van der Waals surface area contributed by atoms with E-state index in [1.54, 1.807) is 12.1 Å². The van der Waals surface area contributed by atoms with Crippen LogP contribution in [0.1, 0.15) is 23.2 Å². The fraction of sp³-hybridized carbons (Fsp3) is 0.385. The number of carbonyl (C=O) groups is 2. The molecule has 0 saturated heterocycles. The minimum absolute atomic E-state index is 0.00254. The van der Waals surface area contributed by atoms with Gasteiger partial charge in [-0.05, 0) is 31.0 Å². The Morgan fingerprint density at radius 2 is 2.11 bits per heavy atom. The van der Waals surface area contributed by atoms with Crippen LogP contribution in [0.25, 0.3) is 0 Å². The van der Waals surface area contributed by atoms with E-state index in [1.807, 2.05) is 0 Å². The van der Waals surface area contributed by atoms with Crippen LogP contribution in [-0.4, -0.2) is 25.5 Å². The topological polar surface area (TPSA) is 52.6 Å². The van der Waals surface area contributed by atoms with Crippen LogP contribution >= 0.6 is 11.6 Å². The van der Waals surface area contributed by atoms with E-state index < -0.39 is 0 Å². The number of ether oxygens (including phenoxy) is 2. The summed E-state index contributed by atoms with van der Waals surface area (Å²) in [6.07, 6.45) is 1.72. The van der Waals surface area contributed by atoms with Gasteiger partial charge in [-0.2, -0.15) is 0 Å². The van der Waals surface area contributed by atoms with Gasteiger partial charge in [-0.25, -0.2) is 0 Å². The van der Waals surface area contributed by atoms with Crippen LogP contribution in [0, 0.1) is 5.92 Å². The summed E-state index contributed by atoms with van der Waals surface area (Å²) in [5.74, 6) is -0.0584. The molecule has 0 atom stereocenters. The van der Waals surface area contributed by atoms with E-state index in [4.69, 9.17) is 21.1 Å². The summed E-state index contributed by atoms with van der Waals surface area (Å²) in [6.45, 7) is -0.238. The maximum absolute atomic E-state index is 11.8. The zero-order valence-electron chi connectivity index (χ0n) is 9.94. The quantitative estimate of drug-likeness (QED) is 0.608. The van der Waals surface area contributed by atoms with Crippen LogP contribution in [0.15, 0.2) is 18.2 Å². The number of rotatable bonds is 5. The number of Topliss-reactive ketones (excluding diaryl/α,β-unsaturated/α-hetero) is 1. The first-order chi connectivity index (χ1) is 8.61. The molecule has 96 valence electrons. The van der Waals surface area contributed by atoms with E-state index in [-0.39, 0.29) is 24.3 Å². The Morgan fingerprint density at radius 1 is 1.39 bits per heavy atom. The molecule has 1 saturated carbocycles. The predicted octanol–water partition coefficient (Wildman–Crippen LogP) is 2.48. The van der Waals surface area contributed by atoms with Crippen molar-refractivity contribution < 1.29 is 19.1 Å². The summed E-state index contributed by atoms with van der Waals surface area (Å²) < 4.78 is 9.90. The molecule has 18 heavy (non-hydrogen) atoms. The molecular weight excluding hydrogens is 256 g/mol. The lowest BCUT2D eigenvalue weighted by Gasteiger charge is -2.06. The molecule has 0 aromatic heterocycles. The standard InChI is InChI=1S/C13H13ClO4/c1-17-12-5-4-9(6-10(12)14)11(15)7-18-13(16)8-2-3-8/h4-6,8H,2-3,7H2,1H3. The molecule has 1 aliphatic carbocycles. The number of esters is 1. The number of benzene rings is 1. The number of hydrogen-bond acceptors (Lipinski definition) is 4. The van der Waals surface area contributed by atoms with Crippen LogP contribution in [0.2, 0.25) is 5.02 Å². The van der Waals surface area contributed by atoms with Crippen molar-refractivity contribution in [2.45, 2.75) is 12.8 Å². The number of hydrogen-bond donors (Lipinski definition) is 0. The Labute approximate surface area is 110 Å². The molecule has 4 nitrogen and oxygen atoms in total. The van der Waals surface area contributed by atoms with E-state index in [0.717, 1.165) is 12.8 Å². The maximum Gasteiger partial charge on any atom is 0.309 e. The Bertz CT molecular complexity index is 480. The first kappa shape index (κ1) is 12.9. The molecule has 1 aromatic carbocycles. The molecule has 0 unspecified atom stereocenters. The third-order valence-electron chi connectivity index (χ3n) is 2.73. The average molecular weight is 269 g/mol. The van der Waals surface area contributed by atoms with E-state index in [1.165, 1.54) is 13.2 Å². The number of carbonyl (C=O) groups excluding carboxylic acids is 2. The van der Waals surface area contributed by atoms with Crippen LogP contribution in [-0.2, 0) is 9.53 Å². The molecule has 0 amide bonds. The van der Waals surface area contributed by atoms with Gasteiger partial charge in [0.2, 0.25) is 0 Å². The average Bonchev–Trinajstić information content (AvgIpc) is 3.19. The largest absolute Gasteiger partial charge is 0.495 e. The number of ketones is 1. The van der Waals surface area contributed by atoms with Crippen molar-refractivity contribution >= 4 is 23.4 Å². The molecule has 0 aliphatic heterocycles. The number of halogens is 1. The lowest BCUT2D eigenvalue weighted by atomic mass is 10.1. The normalized spacial score (nSPS) is 14.1. The van der Waals surface area contributed by atoms with E-state index in [2.05, 4.69) is 0 Å². The first-order valence-corrected chi connectivity index (χ1v) is 6.03. The van der Waals surface area contributed by atoms with Gasteiger partial charge >= 0.3 is 5.97 Å². The van der Waals surface area contributed by atoms with Crippen molar-refractivity contribution in [2.75, 3.05) is 13.7 Å². The van der Waals surface area contributed by atoms with Gasteiger partial charge in [0, 0.05) is 5.56 Å². The summed E-state index contributed by atoms with van der Waals surface area (Å²) in [5.41, 5.74) is 0.407. The summed E-state index contributed by atoms with van der Waals surface area (Å²) in [5, 5.41) is 0.358. The molecule has 0 bridgehead atoms. The fourth-order valence-electron chi connectivity index (χ4n) is 1.50. The molecule has 1 fully saturated rings. The Kier molecular flexibility index (Phi) is 3.87. The van der Waals surface area contributed by atoms with Gasteiger partial charge in [0.05, 0.1) is 18.1 Å². The van der Waals surface area contributed by atoms with Gasteiger partial charge in [0.15, 0.2) is 12.4 Å². The molecule has 2 rings (SSSR count). The maximum atomic E-state index is 11.8. The van der Waals surface area contributed by atoms with Crippen molar-refractivity contribution in [3.63, 3.8) is 0 Å². The van der Waals surface area contributed by atoms with Gasteiger partial charge in [-0.15, -0.1) is 0 Å². The van der Waals surface area contributed by atoms with Gasteiger partial charge in [0.25, 0.3) is 0 Å². The van der Waals surface area contributed by atoms with Crippen molar-refractivity contribution in [3.05, 3.63) is 28.8 Å². The van der Waals surface area contributed by atoms with Crippen molar-refractivity contribution in [1.29, 1.82) is 0 Å². The zero-order valence-corrected chi connectivity index (χ0v) is 10.7. The van der Waals surface area contributed by atoms with Crippen molar-refractivity contribution in [2.24, 2.45) is 5.92 Å². The Hall–Kier alpha value is -1.55. The Balaban J connectivity index is 1.95. The second-order valence-electron chi connectivity index (χ2n) is 4.15. The highest BCUT2D eigenvalue weighted by molar-refractivity contribution is 6.32. The summed E-state index contributed by atoms with van der Waals surface area (Å²) in [6, 6.07) is 4.71. The molecule has 5 heteroatoms. The monoisotopic (exact) mass is 268 g/mol. The van der Waals surface area contributed by atoms with Gasteiger partial charge in [-0.3, -0.25) is 9.59 Å². The fourth-order valence-corrected chi connectivity index (χ4v) is 1.75. The predicted molar refractivity (Wildman–Crippen MR) is 66.0 cm³/mol. The third kappa shape index (κ3) is 3.01. The Morgan fingerprint density at radius 3 is 2.67 bits per heavy atom. The van der Waals surface area contributed by atoms with Crippen LogP contribution in [0.4, 0.5) is 0 Å². The van der Waals surface area contributed by atoms with E-state index >= 15 is 0 Å². The van der Waals surface area contributed by atoms with Crippen molar-refractivity contribution in [3.8, 4) is 5.75 Å². The van der Waals surface area contributed by atoms with Gasteiger partial charge in [0.1, 0.15) is 5.75 Å². The minimum Gasteiger partial charge on any atom is -0.495 e. The minimum atomic E-state index is -0.289. The summed E-state index contributed by atoms with van der Waals surface area (Å²) >= 11 is 5.91. The van der Waals surface area contributed by atoms with Crippen LogP contribution < -0.4 is 4.74 Å². The highest BCUT2D eigenvalue weighted by Gasteiger charge is 2.31. The molecule has 1 aliphatic rings. The summed E-state index contributed by atoms with van der Waals surface area (Å²) in [4.78, 5) is 23.1. The van der Waals surface area contributed by atoms with Crippen molar-refractivity contribution in [1.82, 2.24) is 0 Å². The first-order valence-electron chi connectivity index (χ1n) is 5.65. The highest BCUT2D eigenvalue weighted by atomic mass is 35.5. The third-order valence-corrected chi connectivity index (χ3v) is 3.03. The molecule has 1 aromatic rings. The van der Waals surface area contributed by atoms with E-state index in [0.29, 0.717) is 16.3 Å². The molecular formula is C13H13ClO4. The van der Waals surface area contributed by atoms with Crippen LogP contribution in [0.5, 0.6) is 5.75 Å². The van der Waals surface area contributed by atoms with E-state index in [9.17, 15) is 9.59 Å². The smallest absolute Gasteiger partial charge is 0.309 e. The highest BCUT2D eigenvalue weighted by Crippen LogP contribution is 2.30. The van der Waals surface area contributed by atoms with Gasteiger partial charge < -0.3 is 9.47 Å². The lowest BCUT2D eigenvalue weighted by molar-refractivity contribution is -0.144. The molecule has 0 heterocycles. The SMILES string of the molecule is COc1ccc(C(=O)COC(=O)C2CC2)cc1Cl. The number of methoxy groups -OCH3 is 1. The molecule has 0 radical (unpaired) electrons. The molecule has 0 N–H and O–H groups in total. The zero-order chi connectivity index (χ0) is 13.1. The summed E-state index contributed by atoms with van der Waals surface area (Å²) in [7, 11) is 1.50. The second-order valence-corrected chi connectivity index (χ2v) is 4.56. The molecule has 0 spiro atoms. The second kappa shape index (κ2) is 5.40. The van der Waals surface area contributed by atoms with Gasteiger partial charge in [-0.1, -0.05) is 11.6 Å². The lowest BCUT2D eigenvalue weighted by Crippen LogP contribution is -2.15.